The van der Waals surface area contributed by atoms with Gasteiger partial charge in [-0.25, -0.2) is 4.98 Å². The average molecular weight is 343 g/mol. The Morgan fingerprint density at radius 1 is 1.33 bits per heavy atom. The number of pyridine rings is 1. The lowest BCUT2D eigenvalue weighted by molar-refractivity contribution is -0.0357. The molecule has 3 aromatic rings. The van der Waals surface area contributed by atoms with Gasteiger partial charge in [-0.1, -0.05) is 11.2 Å². The molecule has 7 nitrogen and oxygen atoms in total. The molecule has 0 aromatic carbocycles. The fraction of sp³-hybridized carbons (Fsp3) is 0.375. The number of morpholine rings is 1. The van der Waals surface area contributed by atoms with E-state index in [1.807, 2.05) is 25.1 Å². The molecular formula is C16H17N5O2S. The Kier molecular flexibility index (Phi) is 4.33. The number of thiazole rings is 1. The van der Waals surface area contributed by atoms with Gasteiger partial charge in [-0.05, 0) is 19.1 Å². The molecule has 1 saturated heterocycles. The van der Waals surface area contributed by atoms with Crippen LogP contribution in [0, 0.1) is 6.92 Å². The monoisotopic (exact) mass is 343 g/mol. The van der Waals surface area contributed by atoms with Crippen molar-refractivity contribution in [2.45, 2.75) is 19.6 Å². The van der Waals surface area contributed by atoms with Gasteiger partial charge < -0.3 is 9.26 Å². The van der Waals surface area contributed by atoms with Gasteiger partial charge in [0.2, 0.25) is 11.7 Å². The van der Waals surface area contributed by atoms with Crippen molar-refractivity contribution in [1.29, 1.82) is 0 Å². The Balaban J connectivity index is 1.43. The van der Waals surface area contributed by atoms with Crippen LogP contribution in [-0.4, -0.2) is 44.7 Å². The molecular weight excluding hydrogens is 326 g/mol. The molecule has 1 aliphatic rings. The molecule has 1 atom stereocenters. The molecule has 4 heterocycles. The second kappa shape index (κ2) is 6.76. The summed E-state index contributed by atoms with van der Waals surface area (Å²) in [6, 6.07) is 5.63. The molecule has 24 heavy (non-hydrogen) atoms. The molecule has 0 spiro atoms. The minimum Gasteiger partial charge on any atom is -0.368 e. The van der Waals surface area contributed by atoms with Gasteiger partial charge in [0.1, 0.15) is 16.8 Å². The largest absolute Gasteiger partial charge is 0.368 e. The van der Waals surface area contributed by atoms with E-state index in [4.69, 9.17) is 9.26 Å². The van der Waals surface area contributed by atoms with Crippen molar-refractivity contribution in [3.8, 4) is 11.5 Å². The van der Waals surface area contributed by atoms with E-state index in [9.17, 15) is 0 Å². The molecule has 0 N–H and O–H groups in total. The van der Waals surface area contributed by atoms with Crippen LogP contribution in [0.1, 0.15) is 22.7 Å². The highest BCUT2D eigenvalue weighted by Gasteiger charge is 2.25. The van der Waals surface area contributed by atoms with E-state index in [1.54, 1.807) is 17.5 Å². The molecule has 0 amide bonds. The normalized spacial score (nSPS) is 18.8. The van der Waals surface area contributed by atoms with Crippen LogP contribution in [0.5, 0.6) is 0 Å². The summed E-state index contributed by atoms with van der Waals surface area (Å²) in [6.45, 7) is 4.88. The third-order valence-corrected chi connectivity index (χ3v) is 4.84. The Hall–Kier alpha value is -2.16. The maximum Gasteiger partial charge on any atom is 0.241 e. The number of aryl methyl sites for hydroxylation is 1. The van der Waals surface area contributed by atoms with Crippen molar-refractivity contribution in [1.82, 2.24) is 25.0 Å². The zero-order valence-corrected chi connectivity index (χ0v) is 14.1. The summed E-state index contributed by atoms with van der Waals surface area (Å²) in [4.78, 5) is 15.5. The Morgan fingerprint density at radius 2 is 2.29 bits per heavy atom. The van der Waals surface area contributed by atoms with Crippen molar-refractivity contribution in [2.24, 2.45) is 0 Å². The zero-order valence-electron chi connectivity index (χ0n) is 13.3. The first-order valence-electron chi connectivity index (χ1n) is 7.78. The molecule has 1 unspecified atom stereocenters. The van der Waals surface area contributed by atoms with Crippen LogP contribution < -0.4 is 0 Å². The minimum atomic E-state index is 0.00984. The fourth-order valence-corrected chi connectivity index (χ4v) is 3.46. The van der Waals surface area contributed by atoms with Crippen LogP contribution in [0.25, 0.3) is 11.5 Å². The first kappa shape index (κ1) is 15.4. The molecule has 0 radical (unpaired) electrons. The van der Waals surface area contributed by atoms with Gasteiger partial charge in [0.15, 0.2) is 0 Å². The lowest BCUT2D eigenvalue weighted by Crippen LogP contribution is -2.37. The van der Waals surface area contributed by atoms with Crippen LogP contribution >= 0.6 is 11.3 Å². The van der Waals surface area contributed by atoms with Crippen LogP contribution in [0.2, 0.25) is 0 Å². The van der Waals surface area contributed by atoms with Crippen LogP contribution in [0.15, 0.2) is 34.3 Å². The molecule has 4 rings (SSSR count). The molecule has 124 valence electrons. The number of nitrogens with zero attached hydrogens (tertiary/aromatic N) is 5. The summed E-state index contributed by atoms with van der Waals surface area (Å²) in [5, 5.41) is 7.09. The summed E-state index contributed by atoms with van der Waals surface area (Å²) in [5.74, 6) is 1.11. The van der Waals surface area contributed by atoms with Gasteiger partial charge in [0.05, 0.1) is 13.2 Å². The maximum atomic E-state index is 5.85. The predicted molar refractivity (Wildman–Crippen MR) is 88.4 cm³/mol. The van der Waals surface area contributed by atoms with E-state index in [0.29, 0.717) is 30.6 Å². The van der Waals surface area contributed by atoms with Crippen molar-refractivity contribution < 1.29 is 9.26 Å². The van der Waals surface area contributed by atoms with Crippen molar-refractivity contribution in [3.63, 3.8) is 0 Å². The summed E-state index contributed by atoms with van der Waals surface area (Å²) in [5.41, 5.74) is 1.75. The molecule has 3 aromatic heterocycles. The van der Waals surface area contributed by atoms with Crippen molar-refractivity contribution >= 4 is 11.3 Å². The topological polar surface area (TPSA) is 77.2 Å². The average Bonchev–Trinajstić information content (AvgIpc) is 3.25. The number of hydrogen-bond donors (Lipinski definition) is 0. The highest BCUT2D eigenvalue weighted by molar-refractivity contribution is 7.09. The second-order valence-corrected chi connectivity index (χ2v) is 6.54. The van der Waals surface area contributed by atoms with E-state index < -0.39 is 0 Å². The number of hydrogen-bond acceptors (Lipinski definition) is 8. The van der Waals surface area contributed by atoms with Gasteiger partial charge in [-0.3, -0.25) is 9.88 Å². The number of aromatic nitrogens is 4. The van der Waals surface area contributed by atoms with Gasteiger partial charge in [-0.15, -0.1) is 11.3 Å². The van der Waals surface area contributed by atoms with Crippen molar-refractivity contribution in [3.05, 3.63) is 46.4 Å². The predicted octanol–water partition coefficient (Wildman–Crippen LogP) is 2.47. The molecule has 0 bridgehead atoms. The molecule has 1 aliphatic heterocycles. The van der Waals surface area contributed by atoms with Crippen LogP contribution in [-0.2, 0) is 11.3 Å². The summed E-state index contributed by atoms with van der Waals surface area (Å²) < 4.78 is 11.2. The van der Waals surface area contributed by atoms with E-state index in [1.165, 1.54) is 0 Å². The highest BCUT2D eigenvalue weighted by Crippen LogP contribution is 2.26. The van der Waals surface area contributed by atoms with Gasteiger partial charge in [0.25, 0.3) is 0 Å². The van der Waals surface area contributed by atoms with E-state index in [2.05, 4.69) is 30.4 Å². The van der Waals surface area contributed by atoms with E-state index in [-0.39, 0.29) is 6.10 Å². The molecule has 1 fully saturated rings. The van der Waals surface area contributed by atoms with Crippen LogP contribution in [0.3, 0.4) is 0 Å². The summed E-state index contributed by atoms with van der Waals surface area (Å²) in [6.07, 6.45) is 1.73. The fourth-order valence-electron chi connectivity index (χ4n) is 2.63. The van der Waals surface area contributed by atoms with Gasteiger partial charge in [-0.2, -0.15) is 4.98 Å². The molecule has 0 saturated carbocycles. The number of rotatable bonds is 4. The number of ether oxygens (including phenoxy) is 1. The molecule has 0 aliphatic carbocycles. The second-order valence-electron chi connectivity index (χ2n) is 5.65. The zero-order chi connectivity index (χ0) is 16.4. The lowest BCUT2D eigenvalue weighted by Gasteiger charge is -2.30. The first-order chi connectivity index (χ1) is 11.8. The lowest BCUT2D eigenvalue weighted by atomic mass is 10.3. The van der Waals surface area contributed by atoms with E-state index >= 15 is 0 Å². The highest BCUT2D eigenvalue weighted by atomic mass is 32.1. The quantitative estimate of drug-likeness (QED) is 0.720. The summed E-state index contributed by atoms with van der Waals surface area (Å²) >= 11 is 1.64. The third-order valence-electron chi connectivity index (χ3n) is 3.78. The van der Waals surface area contributed by atoms with Gasteiger partial charge in [0, 0.05) is 30.4 Å². The summed E-state index contributed by atoms with van der Waals surface area (Å²) in [7, 11) is 0. The minimum absolute atomic E-state index is 0.00984. The van der Waals surface area contributed by atoms with Crippen LogP contribution in [0.4, 0.5) is 0 Å². The molecule has 8 heteroatoms. The third kappa shape index (κ3) is 3.35. The van der Waals surface area contributed by atoms with E-state index in [0.717, 1.165) is 23.8 Å². The SMILES string of the molecule is Cc1csc(C2CN(Cc3nc(-c4ccccn4)no3)CCO2)n1. The van der Waals surface area contributed by atoms with Crippen molar-refractivity contribution in [2.75, 3.05) is 19.7 Å². The smallest absolute Gasteiger partial charge is 0.241 e. The maximum absolute atomic E-state index is 5.85. The standard InChI is InChI=1S/C16H17N5O2S/c1-11-10-24-16(18-11)13-8-21(6-7-22-13)9-14-19-15(20-23-14)12-4-2-3-5-17-12/h2-5,10,13H,6-9H2,1H3. The Bertz CT molecular complexity index is 804. The Morgan fingerprint density at radius 3 is 3.08 bits per heavy atom. The first-order valence-corrected chi connectivity index (χ1v) is 8.66. The Labute approximate surface area is 143 Å². The van der Waals surface area contributed by atoms with Gasteiger partial charge >= 0.3 is 0 Å².